The first kappa shape index (κ1) is 17.3. The summed E-state index contributed by atoms with van der Waals surface area (Å²) >= 11 is 0. The molecule has 6 nitrogen and oxygen atoms in total. The van der Waals surface area contributed by atoms with Crippen molar-refractivity contribution in [1.82, 2.24) is 10.4 Å². The van der Waals surface area contributed by atoms with Crippen molar-refractivity contribution in [2.24, 2.45) is 5.10 Å². The molecule has 0 aliphatic rings. The molecule has 1 N–H and O–H groups in total. The summed E-state index contributed by atoms with van der Waals surface area (Å²) in [6, 6.07) is 9.47. The van der Waals surface area contributed by atoms with Crippen LogP contribution >= 0.6 is 0 Å². The molecule has 0 unspecified atom stereocenters. The molecule has 8 heteroatoms. The number of aromatic nitrogens is 1. The lowest BCUT2D eigenvalue weighted by atomic mass is 10.2. The van der Waals surface area contributed by atoms with E-state index >= 15 is 0 Å². The van der Waals surface area contributed by atoms with E-state index in [1.54, 1.807) is 25.1 Å². The third-order valence-corrected chi connectivity index (χ3v) is 2.78. The molecule has 0 saturated heterocycles. The smallest absolute Gasteiger partial charge is 0.387 e. The van der Waals surface area contributed by atoms with Crippen molar-refractivity contribution in [2.45, 2.75) is 13.5 Å². The van der Waals surface area contributed by atoms with Crippen LogP contribution in [0.15, 0.2) is 47.7 Å². The minimum absolute atomic E-state index is 0.148. The predicted molar refractivity (Wildman–Crippen MR) is 83.5 cm³/mol. The number of para-hydroxylation sites is 1. The molecule has 1 aromatic heterocycles. The van der Waals surface area contributed by atoms with Crippen molar-refractivity contribution < 1.29 is 23.0 Å². The molecular weight excluding hydrogens is 320 g/mol. The average molecular weight is 335 g/mol. The minimum Gasteiger partial charge on any atom is -0.490 e. The van der Waals surface area contributed by atoms with Gasteiger partial charge in [-0.05, 0) is 31.2 Å². The van der Waals surface area contributed by atoms with E-state index in [0.717, 1.165) is 0 Å². The number of alkyl halides is 2. The van der Waals surface area contributed by atoms with E-state index in [4.69, 9.17) is 4.74 Å². The van der Waals surface area contributed by atoms with Crippen LogP contribution in [0.25, 0.3) is 0 Å². The van der Waals surface area contributed by atoms with Gasteiger partial charge in [0.2, 0.25) is 0 Å². The van der Waals surface area contributed by atoms with Gasteiger partial charge in [0.25, 0.3) is 5.91 Å². The molecule has 126 valence electrons. The van der Waals surface area contributed by atoms with E-state index in [0.29, 0.717) is 0 Å². The number of benzene rings is 1. The second-order valence-electron chi connectivity index (χ2n) is 4.40. The molecule has 0 fully saturated rings. The number of rotatable bonds is 7. The molecule has 0 aliphatic heterocycles. The molecule has 0 aliphatic carbocycles. The number of halogens is 2. The summed E-state index contributed by atoms with van der Waals surface area (Å²) in [5, 5.41) is 3.74. The number of ether oxygens (including phenoxy) is 2. The number of nitrogens with one attached hydrogen (secondary N) is 1. The zero-order valence-electron chi connectivity index (χ0n) is 12.8. The molecular formula is C16H15F2N3O3. The number of carbonyl (C=O) groups is 1. The SMILES string of the molecule is CCOc1cccc(/C=N\NC(=O)c2ccccn2)c1OC(F)F. The highest BCUT2D eigenvalue weighted by atomic mass is 19.3. The van der Waals surface area contributed by atoms with Crippen molar-refractivity contribution in [2.75, 3.05) is 6.61 Å². The normalized spacial score (nSPS) is 10.8. The Bertz CT molecular complexity index is 709. The highest BCUT2D eigenvalue weighted by Crippen LogP contribution is 2.31. The third-order valence-electron chi connectivity index (χ3n) is 2.78. The average Bonchev–Trinajstić information content (AvgIpc) is 2.58. The lowest BCUT2D eigenvalue weighted by Gasteiger charge is -2.13. The van der Waals surface area contributed by atoms with Crippen LogP contribution in [0.5, 0.6) is 11.5 Å². The summed E-state index contributed by atoms with van der Waals surface area (Å²) in [6.45, 7) is -1.00. The first-order valence-corrected chi connectivity index (χ1v) is 7.07. The monoisotopic (exact) mass is 335 g/mol. The van der Waals surface area contributed by atoms with Crippen LogP contribution in [0.4, 0.5) is 8.78 Å². The van der Waals surface area contributed by atoms with Gasteiger partial charge in [-0.15, -0.1) is 0 Å². The summed E-state index contributed by atoms with van der Waals surface area (Å²) in [6.07, 6.45) is 2.67. The number of nitrogens with zero attached hydrogens (tertiary/aromatic N) is 2. The maximum atomic E-state index is 12.6. The van der Waals surface area contributed by atoms with Crippen LogP contribution < -0.4 is 14.9 Å². The Labute approximate surface area is 137 Å². The molecule has 2 aromatic rings. The van der Waals surface area contributed by atoms with Crippen molar-refractivity contribution in [3.8, 4) is 11.5 Å². The van der Waals surface area contributed by atoms with Gasteiger partial charge < -0.3 is 9.47 Å². The zero-order chi connectivity index (χ0) is 17.4. The number of amides is 1. The van der Waals surface area contributed by atoms with Gasteiger partial charge in [0.15, 0.2) is 11.5 Å². The summed E-state index contributed by atoms with van der Waals surface area (Å²) in [5.41, 5.74) is 2.68. The number of hydrogen-bond donors (Lipinski definition) is 1. The second-order valence-corrected chi connectivity index (χ2v) is 4.40. The van der Waals surface area contributed by atoms with Gasteiger partial charge in [0, 0.05) is 11.8 Å². The predicted octanol–water partition coefficient (Wildman–Crippen LogP) is 2.85. The van der Waals surface area contributed by atoms with Gasteiger partial charge in [-0.3, -0.25) is 9.78 Å². The van der Waals surface area contributed by atoms with Crippen LogP contribution in [-0.2, 0) is 0 Å². The summed E-state index contributed by atoms with van der Waals surface area (Å²) in [4.78, 5) is 15.7. The van der Waals surface area contributed by atoms with Crippen LogP contribution in [-0.4, -0.2) is 30.3 Å². The molecule has 1 amide bonds. The fraction of sp³-hybridized carbons (Fsp3) is 0.188. The van der Waals surface area contributed by atoms with Crippen LogP contribution in [0.3, 0.4) is 0 Å². The number of carbonyl (C=O) groups excluding carboxylic acids is 1. The molecule has 0 radical (unpaired) electrons. The quantitative estimate of drug-likeness (QED) is 0.624. The fourth-order valence-corrected chi connectivity index (χ4v) is 1.83. The number of hydrazone groups is 1. The van der Waals surface area contributed by atoms with Gasteiger partial charge >= 0.3 is 6.61 Å². The van der Waals surface area contributed by atoms with Crippen LogP contribution in [0.1, 0.15) is 23.0 Å². The lowest BCUT2D eigenvalue weighted by Crippen LogP contribution is -2.18. The van der Waals surface area contributed by atoms with Crippen molar-refractivity contribution in [1.29, 1.82) is 0 Å². The molecule has 0 bridgehead atoms. The Kier molecular flexibility index (Phi) is 6.18. The summed E-state index contributed by atoms with van der Waals surface area (Å²) < 4.78 is 34.9. The van der Waals surface area contributed by atoms with Gasteiger partial charge in [-0.2, -0.15) is 13.9 Å². The topological polar surface area (TPSA) is 72.8 Å². The van der Waals surface area contributed by atoms with Crippen molar-refractivity contribution in [3.63, 3.8) is 0 Å². The third kappa shape index (κ3) is 4.73. The van der Waals surface area contributed by atoms with E-state index < -0.39 is 12.5 Å². The number of hydrogen-bond acceptors (Lipinski definition) is 5. The Hall–Kier alpha value is -3.03. The molecule has 1 heterocycles. The van der Waals surface area contributed by atoms with Crippen LogP contribution in [0, 0.1) is 0 Å². The lowest BCUT2D eigenvalue weighted by molar-refractivity contribution is -0.0515. The maximum absolute atomic E-state index is 12.6. The molecule has 24 heavy (non-hydrogen) atoms. The van der Waals surface area contributed by atoms with Gasteiger partial charge in [0.05, 0.1) is 12.8 Å². The van der Waals surface area contributed by atoms with Crippen molar-refractivity contribution >= 4 is 12.1 Å². The largest absolute Gasteiger partial charge is 0.490 e. The summed E-state index contributed by atoms with van der Waals surface area (Å²) in [7, 11) is 0. The van der Waals surface area contributed by atoms with Gasteiger partial charge in [-0.25, -0.2) is 5.43 Å². The Balaban J connectivity index is 2.16. The first-order chi connectivity index (χ1) is 11.6. The Morgan fingerprint density at radius 3 is 2.83 bits per heavy atom. The molecule has 0 atom stereocenters. The molecule has 0 saturated carbocycles. The summed E-state index contributed by atoms with van der Waals surface area (Å²) in [5.74, 6) is -0.507. The number of pyridine rings is 1. The standard InChI is InChI=1S/C16H15F2N3O3/c1-2-23-13-8-5-6-11(14(13)24-16(17)18)10-20-21-15(22)12-7-3-4-9-19-12/h3-10,16H,2H2,1H3,(H,21,22)/b20-10-. The highest BCUT2D eigenvalue weighted by molar-refractivity contribution is 5.93. The van der Waals surface area contributed by atoms with E-state index in [9.17, 15) is 13.6 Å². The second kappa shape index (κ2) is 8.56. The first-order valence-electron chi connectivity index (χ1n) is 7.07. The molecule has 1 aromatic carbocycles. The van der Waals surface area contributed by atoms with Crippen LogP contribution in [0.2, 0.25) is 0 Å². The van der Waals surface area contributed by atoms with Crippen molar-refractivity contribution in [3.05, 3.63) is 53.9 Å². The molecule has 2 rings (SSSR count). The Morgan fingerprint density at radius 1 is 1.33 bits per heavy atom. The minimum atomic E-state index is -3.01. The van der Waals surface area contributed by atoms with E-state index in [-0.39, 0.29) is 29.4 Å². The Morgan fingerprint density at radius 2 is 2.17 bits per heavy atom. The van der Waals surface area contributed by atoms with Gasteiger partial charge in [-0.1, -0.05) is 12.1 Å². The van der Waals surface area contributed by atoms with Gasteiger partial charge in [0.1, 0.15) is 5.69 Å². The van der Waals surface area contributed by atoms with E-state index in [2.05, 4.69) is 20.2 Å². The van der Waals surface area contributed by atoms with E-state index in [1.165, 1.54) is 30.6 Å². The van der Waals surface area contributed by atoms with E-state index in [1.807, 2.05) is 0 Å². The molecule has 0 spiro atoms. The maximum Gasteiger partial charge on any atom is 0.387 e. The fourth-order valence-electron chi connectivity index (χ4n) is 1.83. The highest BCUT2D eigenvalue weighted by Gasteiger charge is 2.14. The zero-order valence-corrected chi connectivity index (χ0v) is 12.8.